The number of nitrogens with two attached hydrogens (primary N) is 1. The lowest BCUT2D eigenvalue weighted by molar-refractivity contribution is -0.120. The number of anilines is 1. The summed E-state index contributed by atoms with van der Waals surface area (Å²) in [5.41, 5.74) is 9.47. The molecule has 0 spiro atoms. The van der Waals surface area contributed by atoms with Gasteiger partial charge in [-0.25, -0.2) is 5.43 Å². The molecule has 0 radical (unpaired) electrons. The molecule has 118 valence electrons. The molecule has 1 aliphatic carbocycles. The third-order valence-corrected chi connectivity index (χ3v) is 3.69. The lowest BCUT2D eigenvalue weighted by Gasteiger charge is -2.11. The fourth-order valence-electron chi connectivity index (χ4n) is 2.53. The zero-order valence-electron chi connectivity index (χ0n) is 12.8. The number of carbonyl (C=O) groups excluding carboxylic acids is 2. The summed E-state index contributed by atoms with van der Waals surface area (Å²) in [7, 11) is 0. The predicted molar refractivity (Wildman–Crippen MR) is 86.4 cm³/mol. The Morgan fingerprint density at radius 2 is 1.95 bits per heavy atom. The van der Waals surface area contributed by atoms with Gasteiger partial charge in [0.1, 0.15) is 0 Å². The van der Waals surface area contributed by atoms with Crippen LogP contribution in [-0.2, 0) is 4.79 Å². The van der Waals surface area contributed by atoms with Crippen molar-refractivity contribution in [3.63, 3.8) is 0 Å². The molecular formula is C16H22N4O2. The Morgan fingerprint density at radius 1 is 1.27 bits per heavy atom. The van der Waals surface area contributed by atoms with Crippen molar-refractivity contribution in [3.05, 3.63) is 29.8 Å². The molecule has 1 aromatic carbocycles. The third kappa shape index (κ3) is 4.58. The van der Waals surface area contributed by atoms with Gasteiger partial charge in [0, 0.05) is 17.4 Å². The maximum atomic E-state index is 11.9. The predicted octanol–water partition coefficient (Wildman–Crippen LogP) is 1.82. The zero-order valence-corrected chi connectivity index (χ0v) is 12.8. The van der Waals surface area contributed by atoms with Gasteiger partial charge in [-0.3, -0.25) is 9.59 Å². The first kappa shape index (κ1) is 16.0. The maximum absolute atomic E-state index is 11.9. The molecule has 1 saturated carbocycles. The summed E-state index contributed by atoms with van der Waals surface area (Å²) in [4.78, 5) is 23.8. The van der Waals surface area contributed by atoms with Crippen molar-refractivity contribution < 1.29 is 9.59 Å². The smallest absolute Gasteiger partial charge is 0.273 e. The standard InChI is InChI=1S/C16H22N4O2/c1-11(10-15(21)18-12-6-2-3-7-12)19-20-16(22)13-8-4-5-9-14(13)17/h4-5,8-9,12H,2-3,6-7,10,17H2,1H3,(H,18,21)(H,20,22)/b19-11+. The van der Waals surface area contributed by atoms with Gasteiger partial charge in [-0.15, -0.1) is 0 Å². The molecule has 6 nitrogen and oxygen atoms in total. The van der Waals surface area contributed by atoms with Crippen molar-refractivity contribution in [1.82, 2.24) is 10.7 Å². The van der Waals surface area contributed by atoms with Gasteiger partial charge in [0.25, 0.3) is 5.91 Å². The molecule has 0 atom stereocenters. The molecule has 2 amide bonds. The highest BCUT2D eigenvalue weighted by Gasteiger charge is 2.17. The fraction of sp³-hybridized carbons (Fsp3) is 0.438. The van der Waals surface area contributed by atoms with Crippen molar-refractivity contribution in [2.75, 3.05) is 5.73 Å². The lowest BCUT2D eigenvalue weighted by Crippen LogP contribution is -2.33. The molecule has 0 aromatic heterocycles. The van der Waals surface area contributed by atoms with E-state index in [2.05, 4.69) is 15.8 Å². The van der Waals surface area contributed by atoms with Crippen LogP contribution in [0.3, 0.4) is 0 Å². The van der Waals surface area contributed by atoms with Crippen molar-refractivity contribution in [3.8, 4) is 0 Å². The van der Waals surface area contributed by atoms with Crippen LogP contribution in [0.4, 0.5) is 5.69 Å². The fourth-order valence-corrected chi connectivity index (χ4v) is 2.53. The van der Waals surface area contributed by atoms with E-state index in [4.69, 9.17) is 5.73 Å². The van der Waals surface area contributed by atoms with E-state index in [0.29, 0.717) is 23.0 Å². The van der Waals surface area contributed by atoms with E-state index in [1.54, 1.807) is 31.2 Å². The number of hydrazone groups is 1. The largest absolute Gasteiger partial charge is 0.398 e. The van der Waals surface area contributed by atoms with Crippen molar-refractivity contribution in [2.45, 2.75) is 45.1 Å². The molecule has 0 heterocycles. The molecule has 1 aromatic rings. The molecule has 4 N–H and O–H groups in total. The second-order valence-electron chi connectivity index (χ2n) is 5.60. The first-order chi connectivity index (χ1) is 10.6. The zero-order chi connectivity index (χ0) is 15.9. The average molecular weight is 302 g/mol. The number of carbonyl (C=O) groups is 2. The van der Waals surface area contributed by atoms with Crippen LogP contribution in [0.5, 0.6) is 0 Å². The highest BCUT2D eigenvalue weighted by Crippen LogP contribution is 2.17. The van der Waals surface area contributed by atoms with Gasteiger partial charge in [-0.05, 0) is 31.9 Å². The van der Waals surface area contributed by atoms with Gasteiger partial charge in [-0.1, -0.05) is 25.0 Å². The monoisotopic (exact) mass is 302 g/mol. The summed E-state index contributed by atoms with van der Waals surface area (Å²) < 4.78 is 0. The number of nitrogen functional groups attached to an aromatic ring is 1. The second-order valence-corrected chi connectivity index (χ2v) is 5.60. The van der Waals surface area contributed by atoms with Crippen LogP contribution in [0.1, 0.15) is 49.4 Å². The lowest BCUT2D eigenvalue weighted by atomic mass is 10.2. The van der Waals surface area contributed by atoms with E-state index in [0.717, 1.165) is 12.8 Å². The Balaban J connectivity index is 1.83. The summed E-state index contributed by atoms with van der Waals surface area (Å²) in [5, 5.41) is 6.94. The Hall–Kier alpha value is -2.37. The molecule has 2 rings (SSSR count). The molecule has 6 heteroatoms. The van der Waals surface area contributed by atoms with E-state index >= 15 is 0 Å². The minimum atomic E-state index is -0.381. The van der Waals surface area contributed by atoms with Crippen LogP contribution in [0.25, 0.3) is 0 Å². The van der Waals surface area contributed by atoms with Crippen LogP contribution in [-0.4, -0.2) is 23.6 Å². The molecule has 22 heavy (non-hydrogen) atoms. The highest BCUT2D eigenvalue weighted by atomic mass is 16.2. The van der Waals surface area contributed by atoms with Gasteiger partial charge in [0.15, 0.2) is 0 Å². The second kappa shape index (κ2) is 7.59. The van der Waals surface area contributed by atoms with Crippen molar-refractivity contribution >= 4 is 23.2 Å². The van der Waals surface area contributed by atoms with E-state index in [1.165, 1.54) is 12.8 Å². The summed E-state index contributed by atoms with van der Waals surface area (Å²) in [6.45, 7) is 1.71. The molecule has 0 saturated heterocycles. The SMILES string of the molecule is C/C(CC(=O)NC1CCCC1)=N\NC(=O)c1ccccc1N. The number of nitrogens with zero attached hydrogens (tertiary/aromatic N) is 1. The van der Waals surface area contributed by atoms with E-state index in [-0.39, 0.29) is 18.2 Å². The number of amides is 2. The van der Waals surface area contributed by atoms with Gasteiger partial charge >= 0.3 is 0 Å². The van der Waals surface area contributed by atoms with E-state index in [1.807, 2.05) is 0 Å². The minimum Gasteiger partial charge on any atom is -0.398 e. The first-order valence-electron chi connectivity index (χ1n) is 7.53. The number of benzene rings is 1. The summed E-state index contributed by atoms with van der Waals surface area (Å²) in [5.74, 6) is -0.435. The Bertz CT molecular complexity index is 577. The quantitative estimate of drug-likeness (QED) is 0.440. The average Bonchev–Trinajstić information content (AvgIpc) is 2.98. The number of nitrogens with one attached hydrogen (secondary N) is 2. The third-order valence-electron chi connectivity index (χ3n) is 3.69. The Labute approximate surface area is 130 Å². The van der Waals surface area contributed by atoms with Gasteiger partial charge < -0.3 is 11.1 Å². The maximum Gasteiger partial charge on any atom is 0.273 e. The number of hydrogen-bond donors (Lipinski definition) is 3. The number of hydrogen-bond acceptors (Lipinski definition) is 4. The number of rotatable bonds is 5. The number of para-hydroxylation sites is 1. The Kier molecular flexibility index (Phi) is 5.52. The van der Waals surface area contributed by atoms with Gasteiger partial charge in [0.05, 0.1) is 12.0 Å². The topological polar surface area (TPSA) is 96.6 Å². The van der Waals surface area contributed by atoms with Crippen molar-refractivity contribution in [1.29, 1.82) is 0 Å². The van der Waals surface area contributed by atoms with Crippen LogP contribution in [0.15, 0.2) is 29.4 Å². The first-order valence-corrected chi connectivity index (χ1v) is 7.53. The van der Waals surface area contributed by atoms with E-state index in [9.17, 15) is 9.59 Å². The Morgan fingerprint density at radius 3 is 2.64 bits per heavy atom. The summed E-state index contributed by atoms with van der Waals surface area (Å²) in [6.07, 6.45) is 4.62. The molecule has 1 fully saturated rings. The summed E-state index contributed by atoms with van der Waals surface area (Å²) in [6, 6.07) is 7.06. The molecular weight excluding hydrogens is 280 g/mol. The van der Waals surface area contributed by atoms with Gasteiger partial charge in [-0.2, -0.15) is 5.10 Å². The molecule has 0 aliphatic heterocycles. The van der Waals surface area contributed by atoms with Crippen LogP contribution in [0.2, 0.25) is 0 Å². The summed E-state index contributed by atoms with van der Waals surface area (Å²) >= 11 is 0. The van der Waals surface area contributed by atoms with E-state index < -0.39 is 0 Å². The van der Waals surface area contributed by atoms with Gasteiger partial charge in [0.2, 0.25) is 5.91 Å². The normalized spacial score (nSPS) is 15.6. The van der Waals surface area contributed by atoms with Crippen LogP contribution < -0.4 is 16.5 Å². The van der Waals surface area contributed by atoms with Crippen LogP contribution >= 0.6 is 0 Å². The molecule has 1 aliphatic rings. The molecule has 0 bridgehead atoms. The van der Waals surface area contributed by atoms with Crippen LogP contribution in [0, 0.1) is 0 Å². The minimum absolute atomic E-state index is 0.0541. The van der Waals surface area contributed by atoms with Crippen molar-refractivity contribution in [2.24, 2.45) is 5.10 Å². The highest BCUT2D eigenvalue weighted by molar-refractivity contribution is 6.02. The molecule has 0 unspecified atom stereocenters.